The van der Waals surface area contributed by atoms with Crippen molar-refractivity contribution in [2.24, 2.45) is 5.73 Å². The summed E-state index contributed by atoms with van der Waals surface area (Å²) in [4.78, 5) is 11.1. The molecule has 1 aromatic carbocycles. The maximum atomic E-state index is 11.1. The Morgan fingerprint density at radius 1 is 1.44 bits per heavy atom. The van der Waals surface area contributed by atoms with Crippen molar-refractivity contribution in [3.63, 3.8) is 0 Å². The molecular weight excluding hydrogens is 228 g/mol. The van der Waals surface area contributed by atoms with Gasteiger partial charge in [-0.25, -0.2) is 0 Å². The lowest BCUT2D eigenvalue weighted by molar-refractivity contribution is -0.143. The van der Waals surface area contributed by atoms with Crippen LogP contribution in [0, 0.1) is 5.41 Å². The normalized spacial score (nSPS) is 27.1. The molecule has 0 saturated heterocycles. The fourth-order valence-corrected chi connectivity index (χ4v) is 2.56. The van der Waals surface area contributed by atoms with Crippen LogP contribution in [-0.4, -0.2) is 22.3 Å². The van der Waals surface area contributed by atoms with E-state index in [-0.39, 0.29) is 5.92 Å². The summed E-state index contributed by atoms with van der Waals surface area (Å²) < 4.78 is 0. The van der Waals surface area contributed by atoms with E-state index in [1.165, 1.54) is 0 Å². The molecule has 0 aliphatic heterocycles. The quantitative estimate of drug-likeness (QED) is 0.714. The molecule has 0 heterocycles. The van der Waals surface area contributed by atoms with Crippen molar-refractivity contribution >= 4 is 11.7 Å². The highest BCUT2D eigenvalue weighted by Crippen LogP contribution is 2.39. The van der Waals surface area contributed by atoms with E-state index >= 15 is 0 Å². The molecule has 96 valence electrons. The smallest absolute Gasteiger partial charge is 0.323 e. The second kappa shape index (κ2) is 4.53. The molecule has 2 rings (SSSR count). The fraction of sp³-hybridized carbons (Fsp3) is 0.429. The average molecular weight is 246 g/mol. The molecule has 2 atom stereocenters. The summed E-state index contributed by atoms with van der Waals surface area (Å²) in [6.45, 7) is 1.75. The summed E-state index contributed by atoms with van der Waals surface area (Å²) >= 11 is 0. The van der Waals surface area contributed by atoms with Crippen molar-refractivity contribution in [3.05, 3.63) is 35.4 Å². The number of nitrogens with one attached hydrogen (secondary N) is 1. The summed E-state index contributed by atoms with van der Waals surface area (Å²) in [6, 6.07) is 7.78. The second-order valence-electron chi connectivity index (χ2n) is 5.15. The van der Waals surface area contributed by atoms with Gasteiger partial charge < -0.3 is 16.2 Å². The van der Waals surface area contributed by atoms with E-state index in [1.807, 2.05) is 24.3 Å². The van der Waals surface area contributed by atoms with Gasteiger partial charge in [-0.2, -0.15) is 0 Å². The standard InChI is InChI=1S/C14H18N2O2/c1-9(15)10-2-4-11(5-3-10)12-6-7-14(16,8-12)13(17)18/h2-5,12,15H,6-8,16H2,1H3,(H,17,18). The van der Waals surface area contributed by atoms with Crippen molar-refractivity contribution in [1.29, 1.82) is 5.41 Å². The Hall–Kier alpha value is -1.68. The van der Waals surface area contributed by atoms with Gasteiger partial charge in [-0.1, -0.05) is 24.3 Å². The van der Waals surface area contributed by atoms with E-state index in [9.17, 15) is 4.79 Å². The van der Waals surface area contributed by atoms with Gasteiger partial charge in [0.2, 0.25) is 0 Å². The zero-order valence-corrected chi connectivity index (χ0v) is 10.4. The van der Waals surface area contributed by atoms with Crippen LogP contribution >= 0.6 is 0 Å². The van der Waals surface area contributed by atoms with Gasteiger partial charge in [0.25, 0.3) is 0 Å². The van der Waals surface area contributed by atoms with Gasteiger partial charge >= 0.3 is 5.97 Å². The number of carboxylic acid groups (broad SMARTS) is 1. The van der Waals surface area contributed by atoms with Gasteiger partial charge in [0.05, 0.1) is 0 Å². The van der Waals surface area contributed by atoms with Gasteiger partial charge in [-0.05, 0) is 43.2 Å². The largest absolute Gasteiger partial charge is 0.480 e. The van der Waals surface area contributed by atoms with Crippen molar-refractivity contribution in [1.82, 2.24) is 0 Å². The van der Waals surface area contributed by atoms with E-state index in [2.05, 4.69) is 0 Å². The molecule has 1 aromatic rings. The first-order chi connectivity index (χ1) is 8.42. The molecule has 18 heavy (non-hydrogen) atoms. The predicted octanol–water partition coefficient (Wildman–Crippen LogP) is 2.12. The Kier molecular flexibility index (Phi) is 3.22. The van der Waals surface area contributed by atoms with E-state index in [4.69, 9.17) is 16.2 Å². The third kappa shape index (κ3) is 2.29. The lowest BCUT2D eigenvalue weighted by Crippen LogP contribution is -2.45. The number of hydrogen-bond acceptors (Lipinski definition) is 3. The minimum Gasteiger partial charge on any atom is -0.480 e. The lowest BCUT2D eigenvalue weighted by atomic mass is 9.92. The van der Waals surface area contributed by atoms with Crippen LogP contribution in [0.15, 0.2) is 24.3 Å². The highest BCUT2D eigenvalue weighted by atomic mass is 16.4. The van der Waals surface area contributed by atoms with Gasteiger partial charge in [0, 0.05) is 5.71 Å². The minimum atomic E-state index is -1.07. The number of benzene rings is 1. The van der Waals surface area contributed by atoms with E-state index < -0.39 is 11.5 Å². The van der Waals surface area contributed by atoms with Crippen LogP contribution in [0.2, 0.25) is 0 Å². The van der Waals surface area contributed by atoms with Crippen LogP contribution in [0.25, 0.3) is 0 Å². The number of carbonyl (C=O) groups is 1. The monoisotopic (exact) mass is 246 g/mol. The molecule has 2 unspecified atom stereocenters. The number of carboxylic acids is 1. The Morgan fingerprint density at radius 3 is 2.50 bits per heavy atom. The highest BCUT2D eigenvalue weighted by molar-refractivity contribution is 5.96. The molecule has 0 bridgehead atoms. The minimum absolute atomic E-state index is 0.214. The van der Waals surface area contributed by atoms with Crippen LogP contribution < -0.4 is 5.73 Å². The maximum Gasteiger partial charge on any atom is 0.323 e. The highest BCUT2D eigenvalue weighted by Gasteiger charge is 2.42. The molecule has 0 aromatic heterocycles. The molecule has 0 spiro atoms. The second-order valence-corrected chi connectivity index (χ2v) is 5.15. The third-order valence-corrected chi connectivity index (χ3v) is 3.79. The first-order valence-corrected chi connectivity index (χ1v) is 6.10. The van der Waals surface area contributed by atoms with Crippen LogP contribution in [0.5, 0.6) is 0 Å². The summed E-state index contributed by atoms with van der Waals surface area (Å²) in [7, 11) is 0. The zero-order valence-electron chi connectivity index (χ0n) is 10.4. The predicted molar refractivity (Wildman–Crippen MR) is 70.1 cm³/mol. The van der Waals surface area contributed by atoms with Gasteiger partial charge in [-0.15, -0.1) is 0 Å². The molecule has 4 nitrogen and oxygen atoms in total. The SMILES string of the molecule is CC(=N)c1ccc(C2CCC(N)(C(=O)O)C2)cc1. The lowest BCUT2D eigenvalue weighted by Gasteiger charge is -2.18. The molecule has 0 radical (unpaired) electrons. The molecule has 1 aliphatic rings. The average Bonchev–Trinajstić information content (AvgIpc) is 2.73. The van der Waals surface area contributed by atoms with Crippen molar-refractivity contribution in [2.75, 3.05) is 0 Å². The Balaban J connectivity index is 2.15. The summed E-state index contributed by atoms with van der Waals surface area (Å²) in [5.41, 5.74) is 7.36. The molecule has 4 heteroatoms. The Labute approximate surface area is 106 Å². The van der Waals surface area contributed by atoms with Gasteiger partial charge in [0.15, 0.2) is 0 Å². The topological polar surface area (TPSA) is 87.2 Å². The van der Waals surface area contributed by atoms with Crippen LogP contribution in [-0.2, 0) is 4.79 Å². The fourth-order valence-electron chi connectivity index (χ4n) is 2.56. The van der Waals surface area contributed by atoms with Gasteiger partial charge in [-0.3, -0.25) is 4.79 Å². The molecular formula is C14H18N2O2. The summed E-state index contributed by atoms with van der Waals surface area (Å²) in [6.07, 6.45) is 1.83. The number of aliphatic carboxylic acids is 1. The van der Waals surface area contributed by atoms with Crippen LogP contribution in [0.3, 0.4) is 0 Å². The Morgan fingerprint density at radius 2 is 2.06 bits per heavy atom. The van der Waals surface area contributed by atoms with Crippen LogP contribution in [0.1, 0.15) is 43.2 Å². The first kappa shape index (κ1) is 12.8. The number of hydrogen-bond donors (Lipinski definition) is 3. The molecule has 4 N–H and O–H groups in total. The molecule has 1 fully saturated rings. The molecule has 0 amide bonds. The maximum absolute atomic E-state index is 11.1. The van der Waals surface area contributed by atoms with Crippen molar-refractivity contribution < 1.29 is 9.90 Å². The van der Waals surface area contributed by atoms with E-state index in [0.717, 1.165) is 17.5 Å². The third-order valence-electron chi connectivity index (χ3n) is 3.79. The number of nitrogens with two attached hydrogens (primary N) is 1. The summed E-state index contributed by atoms with van der Waals surface area (Å²) in [5, 5.41) is 16.6. The number of rotatable bonds is 3. The van der Waals surface area contributed by atoms with Gasteiger partial charge in [0.1, 0.15) is 5.54 Å². The van der Waals surface area contributed by atoms with Crippen molar-refractivity contribution in [2.45, 2.75) is 37.6 Å². The van der Waals surface area contributed by atoms with E-state index in [0.29, 0.717) is 18.6 Å². The van der Waals surface area contributed by atoms with E-state index in [1.54, 1.807) is 6.92 Å². The molecule has 1 saturated carbocycles. The summed E-state index contributed by atoms with van der Waals surface area (Å²) in [5.74, 6) is -0.692. The van der Waals surface area contributed by atoms with Crippen molar-refractivity contribution in [3.8, 4) is 0 Å². The molecule has 1 aliphatic carbocycles. The zero-order chi connectivity index (χ0) is 13.3. The van der Waals surface area contributed by atoms with Crippen LogP contribution in [0.4, 0.5) is 0 Å². The Bertz CT molecular complexity index is 481. The first-order valence-electron chi connectivity index (χ1n) is 6.10.